The van der Waals surface area contributed by atoms with Crippen LogP contribution >= 0.6 is 11.8 Å². The molecule has 90 valence electrons. The molecular formula is C12H15N3OS. The van der Waals surface area contributed by atoms with Crippen molar-refractivity contribution in [2.45, 2.75) is 36.4 Å². The highest BCUT2D eigenvalue weighted by Crippen LogP contribution is 2.29. The molecule has 0 bridgehead atoms. The monoisotopic (exact) mass is 249 g/mol. The molecule has 1 aromatic heterocycles. The number of benzene rings is 1. The van der Waals surface area contributed by atoms with E-state index in [1.165, 1.54) is 17.3 Å². The number of rotatable bonds is 4. The van der Waals surface area contributed by atoms with E-state index in [9.17, 15) is 0 Å². The minimum Gasteiger partial charge on any atom is -0.416 e. The van der Waals surface area contributed by atoms with Gasteiger partial charge in [0.2, 0.25) is 5.89 Å². The van der Waals surface area contributed by atoms with Crippen molar-refractivity contribution in [3.8, 4) is 0 Å². The first-order valence-electron chi connectivity index (χ1n) is 5.46. The summed E-state index contributed by atoms with van der Waals surface area (Å²) in [4.78, 5) is 1.12. The van der Waals surface area contributed by atoms with Crippen LogP contribution in [-0.4, -0.2) is 16.2 Å². The number of hydrogen-bond donors (Lipinski definition) is 1. The van der Waals surface area contributed by atoms with Gasteiger partial charge in [0.25, 0.3) is 5.22 Å². The molecule has 2 aromatic rings. The smallest absolute Gasteiger partial charge is 0.281 e. The minimum absolute atomic E-state index is 0.140. The zero-order valence-electron chi connectivity index (χ0n) is 9.88. The molecule has 0 amide bonds. The fraction of sp³-hybridized carbons (Fsp3) is 0.333. The van der Waals surface area contributed by atoms with Gasteiger partial charge in [0.05, 0.1) is 0 Å². The van der Waals surface area contributed by atoms with Gasteiger partial charge in [-0.3, -0.25) is 0 Å². The molecule has 0 aliphatic carbocycles. The highest BCUT2D eigenvalue weighted by atomic mass is 32.2. The molecule has 0 aliphatic rings. The molecule has 2 N–H and O–H groups in total. The summed E-state index contributed by atoms with van der Waals surface area (Å²) in [7, 11) is 0. The molecule has 0 saturated heterocycles. The van der Waals surface area contributed by atoms with Crippen LogP contribution in [0.25, 0.3) is 0 Å². The highest BCUT2D eigenvalue weighted by Gasteiger charge is 2.09. The van der Waals surface area contributed by atoms with Crippen LogP contribution in [0.2, 0.25) is 0 Å². The summed E-state index contributed by atoms with van der Waals surface area (Å²) in [5, 5.41) is 8.36. The molecule has 0 radical (unpaired) electrons. The maximum absolute atomic E-state index is 5.83. The van der Waals surface area contributed by atoms with Crippen LogP contribution in [0.4, 0.5) is 0 Å². The van der Waals surface area contributed by atoms with Crippen LogP contribution in [0, 0.1) is 6.92 Å². The van der Waals surface area contributed by atoms with E-state index < -0.39 is 0 Å². The standard InChI is InChI=1S/C12H15N3OS/c1-8(13)7-10-5-3-4-6-11(10)17-12-15-14-9(2)16-12/h3-6,8H,7,13H2,1-2H3. The Kier molecular flexibility index (Phi) is 3.81. The van der Waals surface area contributed by atoms with Crippen molar-refractivity contribution in [2.24, 2.45) is 5.73 Å². The molecule has 0 spiro atoms. The minimum atomic E-state index is 0.140. The lowest BCUT2D eigenvalue weighted by Gasteiger charge is -2.09. The van der Waals surface area contributed by atoms with Crippen molar-refractivity contribution in [2.75, 3.05) is 0 Å². The van der Waals surface area contributed by atoms with E-state index in [0.717, 1.165) is 11.3 Å². The van der Waals surface area contributed by atoms with Crippen molar-refractivity contribution in [1.29, 1.82) is 0 Å². The maximum atomic E-state index is 5.83. The Morgan fingerprint density at radius 3 is 2.76 bits per heavy atom. The first kappa shape index (κ1) is 12.1. The molecular weight excluding hydrogens is 234 g/mol. The van der Waals surface area contributed by atoms with Crippen LogP contribution < -0.4 is 5.73 Å². The molecule has 4 nitrogen and oxygen atoms in total. The van der Waals surface area contributed by atoms with Gasteiger partial charge in [0.15, 0.2) is 0 Å². The average Bonchev–Trinajstić information content (AvgIpc) is 2.66. The Morgan fingerprint density at radius 1 is 1.35 bits per heavy atom. The van der Waals surface area contributed by atoms with Crippen molar-refractivity contribution < 1.29 is 4.42 Å². The second-order valence-corrected chi connectivity index (χ2v) is 4.97. The summed E-state index contributed by atoms with van der Waals surface area (Å²) in [5.74, 6) is 0.581. The quantitative estimate of drug-likeness (QED) is 0.901. The van der Waals surface area contributed by atoms with Gasteiger partial charge >= 0.3 is 0 Å². The van der Waals surface area contributed by atoms with Crippen LogP contribution in [-0.2, 0) is 6.42 Å². The predicted octanol–water partition coefficient (Wildman–Crippen LogP) is 2.42. The van der Waals surface area contributed by atoms with E-state index >= 15 is 0 Å². The molecule has 1 aromatic carbocycles. The normalized spacial score (nSPS) is 12.6. The zero-order valence-corrected chi connectivity index (χ0v) is 10.7. The molecule has 1 atom stereocenters. The van der Waals surface area contributed by atoms with Crippen molar-refractivity contribution >= 4 is 11.8 Å². The van der Waals surface area contributed by atoms with E-state index in [4.69, 9.17) is 10.2 Å². The summed E-state index contributed by atoms with van der Waals surface area (Å²) in [6, 6.07) is 8.27. The van der Waals surface area contributed by atoms with Gasteiger partial charge in [-0.2, -0.15) is 0 Å². The topological polar surface area (TPSA) is 64.9 Å². The fourth-order valence-corrected chi connectivity index (χ4v) is 2.39. The molecule has 0 fully saturated rings. The highest BCUT2D eigenvalue weighted by molar-refractivity contribution is 7.99. The average molecular weight is 249 g/mol. The van der Waals surface area contributed by atoms with E-state index in [1.54, 1.807) is 6.92 Å². The van der Waals surface area contributed by atoms with Gasteiger partial charge in [-0.05, 0) is 36.7 Å². The Morgan fingerprint density at radius 2 is 2.12 bits per heavy atom. The third-order valence-corrected chi connectivity index (χ3v) is 3.18. The number of nitrogens with two attached hydrogens (primary N) is 1. The summed E-state index contributed by atoms with van der Waals surface area (Å²) in [6.45, 7) is 3.78. The van der Waals surface area contributed by atoms with E-state index in [1.807, 2.05) is 25.1 Å². The first-order chi connectivity index (χ1) is 8.15. The largest absolute Gasteiger partial charge is 0.416 e. The maximum Gasteiger partial charge on any atom is 0.281 e. The summed E-state index contributed by atoms with van der Waals surface area (Å²) < 4.78 is 5.36. The summed E-state index contributed by atoms with van der Waals surface area (Å²) in [6.07, 6.45) is 0.844. The van der Waals surface area contributed by atoms with Crippen LogP contribution in [0.1, 0.15) is 18.4 Å². The number of hydrogen-bond acceptors (Lipinski definition) is 5. The van der Waals surface area contributed by atoms with E-state index in [0.29, 0.717) is 11.1 Å². The molecule has 0 saturated carbocycles. The van der Waals surface area contributed by atoms with E-state index in [2.05, 4.69) is 16.3 Å². The SMILES string of the molecule is Cc1nnc(Sc2ccccc2CC(C)N)o1. The lowest BCUT2D eigenvalue weighted by Crippen LogP contribution is -2.18. The summed E-state index contributed by atoms with van der Waals surface area (Å²) >= 11 is 1.48. The molecule has 2 rings (SSSR count). The molecule has 17 heavy (non-hydrogen) atoms. The molecule has 5 heteroatoms. The van der Waals surface area contributed by atoms with Gasteiger partial charge in [0.1, 0.15) is 0 Å². The third kappa shape index (κ3) is 3.31. The van der Waals surface area contributed by atoms with Gasteiger partial charge in [0, 0.05) is 17.9 Å². The van der Waals surface area contributed by atoms with Crippen molar-refractivity contribution in [3.05, 3.63) is 35.7 Å². The van der Waals surface area contributed by atoms with Gasteiger partial charge in [-0.15, -0.1) is 10.2 Å². The Labute approximate surface area is 105 Å². The van der Waals surface area contributed by atoms with Crippen molar-refractivity contribution in [1.82, 2.24) is 10.2 Å². The number of aromatic nitrogens is 2. The molecule has 1 unspecified atom stereocenters. The fourth-order valence-electron chi connectivity index (χ4n) is 1.53. The molecule has 1 heterocycles. The van der Waals surface area contributed by atoms with Crippen LogP contribution in [0.5, 0.6) is 0 Å². The van der Waals surface area contributed by atoms with Crippen LogP contribution in [0.15, 0.2) is 38.8 Å². The number of aryl methyl sites for hydroxylation is 1. The lowest BCUT2D eigenvalue weighted by atomic mass is 10.1. The lowest BCUT2D eigenvalue weighted by molar-refractivity contribution is 0.429. The number of nitrogens with zero attached hydrogens (tertiary/aromatic N) is 2. The van der Waals surface area contributed by atoms with Gasteiger partial charge in [-0.25, -0.2) is 0 Å². The van der Waals surface area contributed by atoms with Crippen LogP contribution in [0.3, 0.4) is 0 Å². The second kappa shape index (κ2) is 5.33. The second-order valence-electron chi connectivity index (χ2n) is 3.98. The summed E-state index contributed by atoms with van der Waals surface area (Å²) in [5.41, 5.74) is 7.04. The third-order valence-electron chi connectivity index (χ3n) is 2.22. The Hall–Kier alpha value is -1.33. The Balaban J connectivity index is 2.20. The zero-order chi connectivity index (χ0) is 12.3. The Bertz CT molecular complexity index is 496. The predicted molar refractivity (Wildman–Crippen MR) is 67.0 cm³/mol. The van der Waals surface area contributed by atoms with E-state index in [-0.39, 0.29) is 6.04 Å². The molecule has 0 aliphatic heterocycles. The first-order valence-corrected chi connectivity index (χ1v) is 6.28. The van der Waals surface area contributed by atoms with Gasteiger partial charge < -0.3 is 10.2 Å². The van der Waals surface area contributed by atoms with Crippen molar-refractivity contribution in [3.63, 3.8) is 0 Å². The van der Waals surface area contributed by atoms with Gasteiger partial charge in [-0.1, -0.05) is 18.2 Å².